The Morgan fingerprint density at radius 3 is 2.50 bits per heavy atom. The molecule has 1 aliphatic carbocycles. The van der Waals surface area contributed by atoms with Gasteiger partial charge in [0.1, 0.15) is 0 Å². The number of allylic oxidation sites excluding steroid dienone is 4. The van der Waals surface area contributed by atoms with Crippen LogP contribution in [0.2, 0.25) is 0 Å². The molecular formula is C11H11N. The highest BCUT2D eigenvalue weighted by atomic mass is 14.7. The molecule has 0 saturated carbocycles. The minimum absolute atomic E-state index is 0.394. The predicted octanol–water partition coefficient (Wildman–Crippen LogP) is 2.60. The van der Waals surface area contributed by atoms with Crippen LogP contribution in [0.4, 0.5) is 0 Å². The van der Waals surface area contributed by atoms with Crippen LogP contribution in [0.3, 0.4) is 0 Å². The predicted molar refractivity (Wildman–Crippen MR) is 50.0 cm³/mol. The molecule has 12 heavy (non-hydrogen) atoms. The van der Waals surface area contributed by atoms with Gasteiger partial charge in [0.15, 0.2) is 0 Å². The first-order valence-corrected chi connectivity index (χ1v) is 4.14. The maximum Gasteiger partial charge on any atom is 0.0510 e. The van der Waals surface area contributed by atoms with E-state index < -0.39 is 0 Å². The molecule has 0 radical (unpaired) electrons. The lowest BCUT2D eigenvalue weighted by Crippen LogP contribution is -1.92. The topological polar surface area (TPSA) is 12.9 Å². The van der Waals surface area contributed by atoms with Crippen molar-refractivity contribution in [1.29, 1.82) is 0 Å². The molecular weight excluding hydrogens is 146 g/mol. The van der Waals surface area contributed by atoms with Crippen molar-refractivity contribution >= 4 is 0 Å². The molecule has 1 aliphatic rings. The second-order valence-electron chi connectivity index (χ2n) is 3.06. The van der Waals surface area contributed by atoms with E-state index in [2.05, 4.69) is 48.3 Å². The summed E-state index contributed by atoms with van der Waals surface area (Å²) in [6.45, 7) is 2.05. The summed E-state index contributed by atoms with van der Waals surface area (Å²) >= 11 is 0. The standard InChI is InChI=1S/C11H11N/c1-9-6-7-11(12-8-9)10-4-2-3-5-10/h2-8,10H,1H3. The van der Waals surface area contributed by atoms with E-state index in [0.717, 1.165) is 5.69 Å². The quantitative estimate of drug-likeness (QED) is 0.610. The van der Waals surface area contributed by atoms with E-state index >= 15 is 0 Å². The van der Waals surface area contributed by atoms with Gasteiger partial charge in [-0.15, -0.1) is 0 Å². The first-order valence-electron chi connectivity index (χ1n) is 4.14. The van der Waals surface area contributed by atoms with Crippen molar-refractivity contribution in [1.82, 2.24) is 4.98 Å². The molecule has 0 spiro atoms. The van der Waals surface area contributed by atoms with Crippen molar-refractivity contribution in [2.75, 3.05) is 0 Å². The molecule has 0 unspecified atom stereocenters. The fourth-order valence-electron chi connectivity index (χ4n) is 1.31. The van der Waals surface area contributed by atoms with Crippen molar-refractivity contribution in [3.63, 3.8) is 0 Å². The molecule has 0 aromatic carbocycles. The normalized spacial score (nSPS) is 15.8. The zero-order valence-electron chi connectivity index (χ0n) is 7.07. The lowest BCUT2D eigenvalue weighted by Gasteiger charge is -2.03. The fraction of sp³-hybridized carbons (Fsp3) is 0.182. The summed E-state index contributed by atoms with van der Waals surface area (Å²) < 4.78 is 0. The van der Waals surface area contributed by atoms with Crippen LogP contribution in [-0.2, 0) is 0 Å². The van der Waals surface area contributed by atoms with Crippen LogP contribution >= 0.6 is 0 Å². The Hall–Kier alpha value is -1.37. The monoisotopic (exact) mass is 157 g/mol. The highest BCUT2D eigenvalue weighted by Gasteiger charge is 2.06. The smallest absolute Gasteiger partial charge is 0.0510 e. The highest BCUT2D eigenvalue weighted by molar-refractivity contribution is 5.31. The number of hydrogen-bond donors (Lipinski definition) is 0. The number of rotatable bonds is 1. The summed E-state index contributed by atoms with van der Waals surface area (Å²) in [7, 11) is 0. The number of nitrogens with zero attached hydrogens (tertiary/aromatic N) is 1. The summed E-state index contributed by atoms with van der Waals surface area (Å²) in [6.07, 6.45) is 10.3. The summed E-state index contributed by atoms with van der Waals surface area (Å²) in [5.74, 6) is 0.394. The van der Waals surface area contributed by atoms with Gasteiger partial charge in [-0.05, 0) is 18.6 Å². The minimum atomic E-state index is 0.394. The first-order chi connectivity index (χ1) is 5.86. The second-order valence-corrected chi connectivity index (χ2v) is 3.06. The Bertz CT molecular complexity index is 307. The Balaban J connectivity index is 2.29. The van der Waals surface area contributed by atoms with Crippen LogP contribution < -0.4 is 0 Å². The third-order valence-electron chi connectivity index (χ3n) is 2.02. The van der Waals surface area contributed by atoms with Crippen LogP contribution in [0.1, 0.15) is 17.2 Å². The van der Waals surface area contributed by atoms with E-state index in [1.165, 1.54) is 5.56 Å². The van der Waals surface area contributed by atoms with Crippen LogP contribution in [0.25, 0.3) is 0 Å². The molecule has 1 aromatic rings. The second kappa shape index (κ2) is 2.94. The highest BCUT2D eigenvalue weighted by Crippen LogP contribution is 2.20. The van der Waals surface area contributed by atoms with Gasteiger partial charge in [-0.2, -0.15) is 0 Å². The van der Waals surface area contributed by atoms with Gasteiger partial charge in [0.05, 0.1) is 5.69 Å². The van der Waals surface area contributed by atoms with Crippen molar-refractivity contribution in [2.45, 2.75) is 12.8 Å². The maximum atomic E-state index is 4.36. The Morgan fingerprint density at radius 1 is 1.17 bits per heavy atom. The van der Waals surface area contributed by atoms with Gasteiger partial charge >= 0.3 is 0 Å². The van der Waals surface area contributed by atoms with Crippen LogP contribution in [0, 0.1) is 6.92 Å². The lowest BCUT2D eigenvalue weighted by molar-refractivity contribution is 0.999. The van der Waals surface area contributed by atoms with E-state index in [-0.39, 0.29) is 0 Å². The molecule has 0 atom stereocenters. The van der Waals surface area contributed by atoms with Crippen LogP contribution in [0.5, 0.6) is 0 Å². The lowest BCUT2D eigenvalue weighted by atomic mass is 10.1. The summed E-state index contributed by atoms with van der Waals surface area (Å²) in [5.41, 5.74) is 2.34. The summed E-state index contributed by atoms with van der Waals surface area (Å²) in [6, 6.07) is 4.18. The number of aromatic nitrogens is 1. The summed E-state index contributed by atoms with van der Waals surface area (Å²) in [5, 5.41) is 0. The van der Waals surface area contributed by atoms with Crippen molar-refractivity contribution < 1.29 is 0 Å². The zero-order chi connectivity index (χ0) is 8.39. The first kappa shape index (κ1) is 7.29. The summed E-state index contributed by atoms with van der Waals surface area (Å²) in [4.78, 5) is 4.36. The molecule has 0 amide bonds. The molecule has 60 valence electrons. The molecule has 0 N–H and O–H groups in total. The van der Waals surface area contributed by atoms with Crippen molar-refractivity contribution in [2.24, 2.45) is 0 Å². The third-order valence-corrected chi connectivity index (χ3v) is 2.02. The average Bonchev–Trinajstić information content (AvgIpc) is 2.58. The minimum Gasteiger partial charge on any atom is -0.260 e. The average molecular weight is 157 g/mol. The van der Waals surface area contributed by atoms with Gasteiger partial charge in [0.25, 0.3) is 0 Å². The molecule has 1 aromatic heterocycles. The molecule has 0 fully saturated rings. The zero-order valence-corrected chi connectivity index (χ0v) is 7.07. The van der Waals surface area contributed by atoms with E-state index in [9.17, 15) is 0 Å². The van der Waals surface area contributed by atoms with E-state index in [0.29, 0.717) is 5.92 Å². The van der Waals surface area contributed by atoms with E-state index in [1.807, 2.05) is 6.20 Å². The molecule has 2 rings (SSSR count). The number of aryl methyl sites for hydroxylation is 1. The molecule has 0 saturated heterocycles. The Morgan fingerprint density at radius 2 is 1.92 bits per heavy atom. The maximum absolute atomic E-state index is 4.36. The van der Waals surface area contributed by atoms with Crippen molar-refractivity contribution in [3.05, 3.63) is 53.9 Å². The van der Waals surface area contributed by atoms with Gasteiger partial charge in [0, 0.05) is 12.1 Å². The molecule has 1 heteroatoms. The molecule has 0 bridgehead atoms. The largest absolute Gasteiger partial charge is 0.260 e. The van der Waals surface area contributed by atoms with Crippen LogP contribution in [-0.4, -0.2) is 4.98 Å². The molecule has 1 nitrogen and oxygen atoms in total. The number of hydrogen-bond acceptors (Lipinski definition) is 1. The van der Waals surface area contributed by atoms with Crippen molar-refractivity contribution in [3.8, 4) is 0 Å². The van der Waals surface area contributed by atoms with E-state index in [4.69, 9.17) is 0 Å². The van der Waals surface area contributed by atoms with Gasteiger partial charge in [-0.3, -0.25) is 4.98 Å². The molecule has 0 aliphatic heterocycles. The van der Waals surface area contributed by atoms with Gasteiger partial charge in [-0.25, -0.2) is 0 Å². The van der Waals surface area contributed by atoms with Crippen LogP contribution in [0.15, 0.2) is 42.6 Å². The van der Waals surface area contributed by atoms with E-state index in [1.54, 1.807) is 0 Å². The van der Waals surface area contributed by atoms with Gasteiger partial charge in [-0.1, -0.05) is 30.4 Å². The number of pyridine rings is 1. The Labute approximate surface area is 72.5 Å². The Kier molecular flexibility index (Phi) is 1.78. The fourth-order valence-corrected chi connectivity index (χ4v) is 1.31. The molecule has 1 heterocycles. The SMILES string of the molecule is Cc1ccc(C2C=CC=C2)nc1. The third kappa shape index (κ3) is 1.30. The van der Waals surface area contributed by atoms with Gasteiger partial charge in [0.2, 0.25) is 0 Å². The van der Waals surface area contributed by atoms with Gasteiger partial charge < -0.3 is 0 Å².